The Hall–Kier alpha value is -2.63. The van der Waals surface area contributed by atoms with Gasteiger partial charge in [0.25, 0.3) is 0 Å². The number of aliphatic carboxylic acids is 2. The second kappa shape index (κ2) is 7.09. The van der Waals surface area contributed by atoms with Gasteiger partial charge in [-0.15, -0.1) is 0 Å². The second-order valence-corrected chi connectivity index (χ2v) is 5.65. The molecule has 2 rings (SSSR count). The molecule has 0 heterocycles. The van der Waals surface area contributed by atoms with Crippen molar-refractivity contribution >= 4 is 23.5 Å². The molecule has 0 bridgehead atoms. The molecular weight excluding hydrogens is 298 g/mol. The maximum Gasteiger partial charge on any atom is 0.319 e. The van der Waals surface area contributed by atoms with Crippen LogP contribution in [0.2, 0.25) is 0 Å². The van der Waals surface area contributed by atoms with Crippen LogP contribution in [0, 0.1) is 5.41 Å². The number of carbonyl (C=O) groups excluding carboxylic acids is 1. The van der Waals surface area contributed by atoms with Crippen LogP contribution in [-0.2, 0) is 20.8 Å². The zero-order chi connectivity index (χ0) is 16.9. The number of carbonyl (C=O) groups is 3. The summed E-state index contributed by atoms with van der Waals surface area (Å²) in [4.78, 5) is 34.7. The number of carboxylic acids is 2. The Morgan fingerprint density at radius 1 is 1.17 bits per heavy atom. The van der Waals surface area contributed by atoms with Gasteiger partial charge in [0.15, 0.2) is 0 Å². The fraction of sp³-hybridized carbons (Fsp3) is 0.353. The van der Waals surface area contributed by atoms with Gasteiger partial charge >= 0.3 is 11.9 Å². The first-order chi connectivity index (χ1) is 10.9. The number of hydrogen-bond acceptors (Lipinski definition) is 3. The maximum atomic E-state index is 12.5. The normalized spacial score (nSPS) is 20.0. The van der Waals surface area contributed by atoms with Crippen molar-refractivity contribution in [3.05, 3.63) is 42.0 Å². The Bertz CT molecular complexity index is 652. The summed E-state index contributed by atoms with van der Waals surface area (Å²) in [7, 11) is 0. The van der Waals surface area contributed by atoms with E-state index in [1.165, 1.54) is 0 Å². The Balaban J connectivity index is 2.12. The van der Waals surface area contributed by atoms with E-state index in [2.05, 4.69) is 5.32 Å². The average molecular weight is 317 g/mol. The van der Waals surface area contributed by atoms with E-state index in [0.717, 1.165) is 5.56 Å². The summed E-state index contributed by atoms with van der Waals surface area (Å²) < 4.78 is 0. The first kappa shape index (κ1) is 16.7. The largest absolute Gasteiger partial charge is 0.481 e. The number of anilines is 1. The average Bonchev–Trinajstić information content (AvgIpc) is 2.53. The molecule has 1 amide bonds. The number of aryl methyl sites for hydroxylation is 1. The van der Waals surface area contributed by atoms with Gasteiger partial charge < -0.3 is 15.5 Å². The van der Waals surface area contributed by atoms with Crippen LogP contribution in [0.1, 0.15) is 31.2 Å². The number of amides is 1. The van der Waals surface area contributed by atoms with Crippen molar-refractivity contribution < 1.29 is 24.6 Å². The molecule has 1 aromatic rings. The molecule has 23 heavy (non-hydrogen) atoms. The first-order valence-electron chi connectivity index (χ1n) is 7.44. The SMILES string of the molecule is O=C(O)CCc1cccc(NC(=O)C2(C(=O)O)CC=CCC2)c1. The van der Waals surface area contributed by atoms with Crippen LogP contribution in [0.15, 0.2) is 36.4 Å². The van der Waals surface area contributed by atoms with Crippen molar-refractivity contribution in [2.45, 2.75) is 32.1 Å². The predicted octanol–water partition coefficient (Wildman–Crippen LogP) is 2.45. The van der Waals surface area contributed by atoms with Crippen LogP contribution in [0.25, 0.3) is 0 Å². The number of allylic oxidation sites excluding steroid dienone is 2. The zero-order valence-corrected chi connectivity index (χ0v) is 12.6. The number of carboxylic acid groups (broad SMARTS) is 2. The highest BCUT2D eigenvalue weighted by Crippen LogP contribution is 2.34. The van der Waals surface area contributed by atoms with E-state index >= 15 is 0 Å². The lowest BCUT2D eigenvalue weighted by Crippen LogP contribution is -2.43. The molecule has 1 aromatic carbocycles. The lowest BCUT2D eigenvalue weighted by Gasteiger charge is -2.29. The summed E-state index contributed by atoms with van der Waals surface area (Å²) in [6.45, 7) is 0. The smallest absolute Gasteiger partial charge is 0.319 e. The molecule has 6 heteroatoms. The van der Waals surface area contributed by atoms with Crippen molar-refractivity contribution in [2.24, 2.45) is 5.41 Å². The van der Waals surface area contributed by atoms with Gasteiger partial charge in [-0.05, 0) is 43.4 Å². The van der Waals surface area contributed by atoms with Crippen molar-refractivity contribution in [3.63, 3.8) is 0 Å². The molecule has 1 aliphatic carbocycles. The van der Waals surface area contributed by atoms with Gasteiger partial charge in [0, 0.05) is 12.1 Å². The van der Waals surface area contributed by atoms with Gasteiger partial charge in [-0.2, -0.15) is 0 Å². The van der Waals surface area contributed by atoms with Gasteiger partial charge in [0.1, 0.15) is 5.41 Å². The summed E-state index contributed by atoms with van der Waals surface area (Å²) in [5.41, 5.74) is -0.183. The van der Waals surface area contributed by atoms with Gasteiger partial charge in [-0.1, -0.05) is 24.3 Å². The number of nitrogens with one attached hydrogen (secondary N) is 1. The molecule has 1 unspecified atom stereocenters. The molecular formula is C17H19NO5. The summed E-state index contributed by atoms with van der Waals surface area (Å²) in [6.07, 6.45) is 4.95. The van der Waals surface area contributed by atoms with E-state index < -0.39 is 23.3 Å². The van der Waals surface area contributed by atoms with Crippen molar-refractivity contribution in [3.8, 4) is 0 Å². The lowest BCUT2D eigenvalue weighted by molar-refractivity contribution is -0.154. The van der Waals surface area contributed by atoms with Crippen LogP contribution in [0.3, 0.4) is 0 Å². The minimum atomic E-state index is -1.44. The van der Waals surface area contributed by atoms with E-state index in [4.69, 9.17) is 5.11 Å². The van der Waals surface area contributed by atoms with E-state index in [9.17, 15) is 19.5 Å². The van der Waals surface area contributed by atoms with Gasteiger partial charge in [0.2, 0.25) is 5.91 Å². The van der Waals surface area contributed by atoms with E-state index in [1.54, 1.807) is 30.3 Å². The van der Waals surface area contributed by atoms with Gasteiger partial charge in [-0.3, -0.25) is 14.4 Å². The third-order valence-electron chi connectivity index (χ3n) is 4.03. The van der Waals surface area contributed by atoms with Gasteiger partial charge in [-0.25, -0.2) is 0 Å². The highest BCUT2D eigenvalue weighted by Gasteiger charge is 2.45. The molecule has 0 saturated carbocycles. The minimum absolute atomic E-state index is 0.00125. The van der Waals surface area contributed by atoms with E-state index in [-0.39, 0.29) is 19.3 Å². The fourth-order valence-electron chi connectivity index (χ4n) is 2.64. The molecule has 0 fully saturated rings. The number of hydrogen-bond donors (Lipinski definition) is 3. The van der Waals surface area contributed by atoms with E-state index in [0.29, 0.717) is 18.5 Å². The minimum Gasteiger partial charge on any atom is -0.481 e. The molecule has 3 N–H and O–H groups in total. The summed E-state index contributed by atoms with van der Waals surface area (Å²) in [6, 6.07) is 6.82. The van der Waals surface area contributed by atoms with Crippen molar-refractivity contribution in [1.29, 1.82) is 0 Å². The highest BCUT2D eigenvalue weighted by molar-refractivity contribution is 6.08. The number of rotatable bonds is 6. The quantitative estimate of drug-likeness (QED) is 0.552. The van der Waals surface area contributed by atoms with Crippen LogP contribution in [0.4, 0.5) is 5.69 Å². The lowest BCUT2D eigenvalue weighted by atomic mass is 9.76. The second-order valence-electron chi connectivity index (χ2n) is 5.65. The Morgan fingerprint density at radius 3 is 2.57 bits per heavy atom. The monoisotopic (exact) mass is 317 g/mol. The molecule has 6 nitrogen and oxygen atoms in total. The van der Waals surface area contributed by atoms with Crippen LogP contribution in [-0.4, -0.2) is 28.1 Å². The summed E-state index contributed by atoms with van der Waals surface area (Å²) in [5.74, 6) is -2.55. The van der Waals surface area contributed by atoms with Crippen LogP contribution >= 0.6 is 0 Å². The molecule has 0 aliphatic heterocycles. The zero-order valence-electron chi connectivity index (χ0n) is 12.6. The Morgan fingerprint density at radius 2 is 1.96 bits per heavy atom. The predicted molar refractivity (Wildman–Crippen MR) is 84.1 cm³/mol. The summed E-state index contributed by atoms with van der Waals surface area (Å²) in [5, 5.41) is 20.9. The molecule has 122 valence electrons. The van der Waals surface area contributed by atoms with Crippen LogP contribution in [0.5, 0.6) is 0 Å². The molecule has 0 saturated heterocycles. The molecule has 0 aromatic heterocycles. The molecule has 0 radical (unpaired) electrons. The van der Waals surface area contributed by atoms with E-state index in [1.807, 2.05) is 6.08 Å². The van der Waals surface area contributed by atoms with Crippen molar-refractivity contribution in [2.75, 3.05) is 5.32 Å². The standard InChI is InChI=1S/C17H19NO5/c19-14(20)8-7-12-5-4-6-13(11-12)18-15(21)17(16(22)23)9-2-1-3-10-17/h1-2,4-6,11H,3,7-10H2,(H,18,21)(H,19,20)(H,22,23). The Labute approximate surface area is 133 Å². The topological polar surface area (TPSA) is 104 Å². The third-order valence-corrected chi connectivity index (χ3v) is 4.03. The van der Waals surface area contributed by atoms with Gasteiger partial charge in [0.05, 0.1) is 0 Å². The van der Waals surface area contributed by atoms with Crippen LogP contribution < -0.4 is 5.32 Å². The number of benzene rings is 1. The first-order valence-corrected chi connectivity index (χ1v) is 7.44. The maximum absolute atomic E-state index is 12.5. The molecule has 0 spiro atoms. The Kier molecular flexibility index (Phi) is 5.16. The molecule has 1 aliphatic rings. The molecule has 1 atom stereocenters. The fourth-order valence-corrected chi connectivity index (χ4v) is 2.64. The summed E-state index contributed by atoms with van der Waals surface area (Å²) >= 11 is 0. The highest BCUT2D eigenvalue weighted by atomic mass is 16.4. The van der Waals surface area contributed by atoms with Crippen molar-refractivity contribution in [1.82, 2.24) is 0 Å². The third kappa shape index (κ3) is 3.97.